The Bertz CT molecular complexity index is 702. The highest BCUT2D eigenvalue weighted by Crippen LogP contribution is 2.38. The summed E-state index contributed by atoms with van der Waals surface area (Å²) in [4.78, 5) is 19.5. The molecule has 0 aliphatic heterocycles. The lowest BCUT2D eigenvalue weighted by Crippen LogP contribution is -2.15. The van der Waals surface area contributed by atoms with E-state index in [1.54, 1.807) is 6.92 Å². The molecule has 1 aromatic carbocycles. The van der Waals surface area contributed by atoms with Gasteiger partial charge in [0.2, 0.25) is 0 Å². The summed E-state index contributed by atoms with van der Waals surface area (Å²) in [5, 5.41) is 0.701. The lowest BCUT2D eigenvalue weighted by Gasteiger charge is -2.08. The van der Waals surface area contributed by atoms with Crippen LogP contribution < -0.4 is 5.56 Å². The van der Waals surface area contributed by atoms with Crippen LogP contribution in [0.2, 0.25) is 5.02 Å². The summed E-state index contributed by atoms with van der Waals surface area (Å²) in [6, 6.07) is 5.80. The smallest absolute Gasteiger partial charge is 0.254 e. The van der Waals surface area contributed by atoms with Gasteiger partial charge in [-0.15, -0.1) is 0 Å². The molecule has 1 fully saturated rings. The van der Waals surface area contributed by atoms with Gasteiger partial charge in [0.15, 0.2) is 0 Å². The number of nitrogens with zero attached hydrogens (tertiary/aromatic N) is 1. The number of halogens is 1. The van der Waals surface area contributed by atoms with Crippen LogP contribution in [0.4, 0.5) is 0 Å². The largest absolute Gasteiger partial charge is 0.310 e. The van der Waals surface area contributed by atoms with Crippen LogP contribution in [0, 0.1) is 13.8 Å². The molecule has 0 spiro atoms. The normalized spacial score (nSPS) is 14.7. The van der Waals surface area contributed by atoms with Gasteiger partial charge in [0.1, 0.15) is 5.82 Å². The zero-order chi connectivity index (χ0) is 13.6. The number of aromatic nitrogens is 2. The molecular formula is C15H15ClN2O. The van der Waals surface area contributed by atoms with Crippen LogP contribution in [-0.4, -0.2) is 9.97 Å². The van der Waals surface area contributed by atoms with Crippen molar-refractivity contribution in [2.24, 2.45) is 0 Å². The van der Waals surface area contributed by atoms with Crippen molar-refractivity contribution in [3.63, 3.8) is 0 Å². The standard InChI is InChI=1S/C15H15ClN2O/c1-8-3-4-11(7-12(8)16)13-9(2)15(19)18-14(17-13)10-5-6-10/h3-4,7,10H,5-6H2,1-2H3,(H,17,18,19). The Morgan fingerprint density at radius 3 is 2.68 bits per heavy atom. The second kappa shape index (κ2) is 4.49. The number of aromatic amines is 1. The number of nitrogens with one attached hydrogen (secondary N) is 1. The summed E-state index contributed by atoms with van der Waals surface area (Å²) >= 11 is 6.16. The van der Waals surface area contributed by atoms with Crippen LogP contribution in [0.3, 0.4) is 0 Å². The predicted octanol–water partition coefficient (Wildman–Crippen LogP) is 3.58. The van der Waals surface area contributed by atoms with E-state index in [9.17, 15) is 4.79 Å². The van der Waals surface area contributed by atoms with Gasteiger partial charge in [-0.3, -0.25) is 4.79 Å². The van der Waals surface area contributed by atoms with E-state index in [1.165, 1.54) is 0 Å². The van der Waals surface area contributed by atoms with Gasteiger partial charge in [0, 0.05) is 22.1 Å². The van der Waals surface area contributed by atoms with E-state index in [-0.39, 0.29) is 5.56 Å². The molecule has 1 aliphatic carbocycles. The van der Waals surface area contributed by atoms with Crippen molar-refractivity contribution in [3.05, 3.63) is 50.5 Å². The Morgan fingerprint density at radius 2 is 2.05 bits per heavy atom. The maximum atomic E-state index is 12.0. The number of hydrogen-bond donors (Lipinski definition) is 1. The topological polar surface area (TPSA) is 45.8 Å². The third kappa shape index (κ3) is 2.30. The molecule has 0 atom stereocenters. The van der Waals surface area contributed by atoms with Gasteiger partial charge in [-0.05, 0) is 38.3 Å². The molecule has 19 heavy (non-hydrogen) atoms. The maximum absolute atomic E-state index is 12.0. The van der Waals surface area contributed by atoms with Gasteiger partial charge in [0.05, 0.1) is 5.69 Å². The molecule has 0 unspecified atom stereocenters. The Morgan fingerprint density at radius 1 is 1.32 bits per heavy atom. The fourth-order valence-corrected chi connectivity index (χ4v) is 2.30. The first-order valence-corrected chi connectivity index (χ1v) is 6.81. The average molecular weight is 275 g/mol. The third-order valence-electron chi connectivity index (χ3n) is 3.58. The molecule has 4 heteroatoms. The fraction of sp³-hybridized carbons (Fsp3) is 0.333. The van der Waals surface area contributed by atoms with E-state index >= 15 is 0 Å². The van der Waals surface area contributed by atoms with E-state index in [2.05, 4.69) is 9.97 Å². The van der Waals surface area contributed by atoms with Crippen LogP contribution >= 0.6 is 11.6 Å². The minimum Gasteiger partial charge on any atom is -0.310 e. The van der Waals surface area contributed by atoms with Gasteiger partial charge in [-0.1, -0.05) is 23.7 Å². The van der Waals surface area contributed by atoms with Gasteiger partial charge in [-0.25, -0.2) is 4.98 Å². The predicted molar refractivity (Wildman–Crippen MR) is 76.8 cm³/mol. The Hall–Kier alpha value is -1.61. The van der Waals surface area contributed by atoms with Crippen LogP contribution in [0.25, 0.3) is 11.3 Å². The first kappa shape index (κ1) is 12.4. The van der Waals surface area contributed by atoms with E-state index in [0.29, 0.717) is 16.5 Å². The van der Waals surface area contributed by atoms with Crippen molar-refractivity contribution in [2.75, 3.05) is 0 Å². The van der Waals surface area contributed by atoms with Gasteiger partial charge in [-0.2, -0.15) is 0 Å². The first-order valence-electron chi connectivity index (χ1n) is 6.43. The molecule has 1 aliphatic rings. The number of rotatable bonds is 2. The molecule has 3 nitrogen and oxygen atoms in total. The zero-order valence-corrected chi connectivity index (χ0v) is 11.7. The minimum atomic E-state index is -0.0522. The zero-order valence-electron chi connectivity index (χ0n) is 11.0. The molecule has 0 radical (unpaired) electrons. The Labute approximate surface area is 116 Å². The molecule has 0 saturated heterocycles. The minimum absolute atomic E-state index is 0.0522. The summed E-state index contributed by atoms with van der Waals surface area (Å²) in [5.41, 5.74) is 3.26. The molecule has 1 saturated carbocycles. The lowest BCUT2D eigenvalue weighted by molar-refractivity contribution is 0.900. The number of aryl methyl sites for hydroxylation is 1. The van der Waals surface area contributed by atoms with Crippen molar-refractivity contribution in [2.45, 2.75) is 32.6 Å². The lowest BCUT2D eigenvalue weighted by atomic mass is 10.1. The van der Waals surface area contributed by atoms with E-state index < -0.39 is 0 Å². The van der Waals surface area contributed by atoms with Gasteiger partial charge < -0.3 is 4.98 Å². The summed E-state index contributed by atoms with van der Waals surface area (Å²) in [5.74, 6) is 1.23. The molecule has 1 heterocycles. The number of hydrogen-bond acceptors (Lipinski definition) is 2. The number of benzene rings is 1. The quantitative estimate of drug-likeness (QED) is 0.910. The summed E-state index contributed by atoms with van der Waals surface area (Å²) in [7, 11) is 0. The van der Waals surface area contributed by atoms with Crippen molar-refractivity contribution in [3.8, 4) is 11.3 Å². The van der Waals surface area contributed by atoms with Crippen LogP contribution in [0.5, 0.6) is 0 Å². The molecule has 1 aromatic heterocycles. The van der Waals surface area contributed by atoms with Gasteiger partial charge in [0.25, 0.3) is 5.56 Å². The third-order valence-corrected chi connectivity index (χ3v) is 3.99. The highest BCUT2D eigenvalue weighted by molar-refractivity contribution is 6.31. The van der Waals surface area contributed by atoms with Crippen molar-refractivity contribution >= 4 is 11.6 Å². The second-order valence-corrected chi connectivity index (χ2v) is 5.57. The molecule has 0 bridgehead atoms. The highest BCUT2D eigenvalue weighted by Gasteiger charge is 2.27. The van der Waals surface area contributed by atoms with Crippen molar-refractivity contribution in [1.29, 1.82) is 0 Å². The SMILES string of the molecule is Cc1ccc(-c2nc(C3CC3)[nH]c(=O)c2C)cc1Cl. The molecule has 2 aromatic rings. The Kier molecular flexibility index (Phi) is 2.94. The van der Waals surface area contributed by atoms with E-state index in [0.717, 1.165) is 35.5 Å². The van der Waals surface area contributed by atoms with Crippen LogP contribution in [0.15, 0.2) is 23.0 Å². The van der Waals surface area contributed by atoms with E-state index in [1.807, 2.05) is 25.1 Å². The van der Waals surface area contributed by atoms with Crippen LogP contribution in [0.1, 0.15) is 35.7 Å². The molecule has 1 N–H and O–H groups in total. The molecule has 0 amide bonds. The summed E-state index contributed by atoms with van der Waals surface area (Å²) in [6.45, 7) is 3.76. The number of H-pyrrole nitrogens is 1. The summed E-state index contributed by atoms with van der Waals surface area (Å²) < 4.78 is 0. The second-order valence-electron chi connectivity index (χ2n) is 5.16. The first-order chi connectivity index (χ1) is 9.06. The van der Waals surface area contributed by atoms with Crippen LogP contribution in [-0.2, 0) is 0 Å². The molecule has 98 valence electrons. The highest BCUT2D eigenvalue weighted by atomic mass is 35.5. The van der Waals surface area contributed by atoms with Gasteiger partial charge >= 0.3 is 0 Å². The maximum Gasteiger partial charge on any atom is 0.254 e. The molecule has 3 rings (SSSR count). The summed E-state index contributed by atoms with van der Waals surface area (Å²) in [6.07, 6.45) is 2.22. The van der Waals surface area contributed by atoms with Crippen molar-refractivity contribution in [1.82, 2.24) is 9.97 Å². The average Bonchev–Trinajstić information content (AvgIpc) is 3.20. The van der Waals surface area contributed by atoms with E-state index in [4.69, 9.17) is 11.6 Å². The fourth-order valence-electron chi connectivity index (χ4n) is 2.12. The van der Waals surface area contributed by atoms with Crippen molar-refractivity contribution < 1.29 is 0 Å². The molecular weight excluding hydrogens is 260 g/mol. The Balaban J connectivity index is 2.17. The monoisotopic (exact) mass is 274 g/mol.